The van der Waals surface area contributed by atoms with Crippen molar-refractivity contribution in [2.24, 2.45) is 0 Å². The molecule has 0 saturated carbocycles. The van der Waals surface area contributed by atoms with Crippen LogP contribution in [-0.2, 0) is 4.79 Å². The Kier molecular flexibility index (Phi) is 6.29. The molecule has 0 aliphatic heterocycles. The maximum atomic E-state index is 10.5. The fourth-order valence-electron chi connectivity index (χ4n) is 1.48. The Morgan fingerprint density at radius 2 is 2.22 bits per heavy atom. The number of carboxylic acids is 1. The Balaban J connectivity index is 2.73. The van der Waals surface area contributed by atoms with Gasteiger partial charge in [0, 0.05) is 16.7 Å². The summed E-state index contributed by atoms with van der Waals surface area (Å²) >= 11 is 5.88. The summed E-state index contributed by atoms with van der Waals surface area (Å²) in [5.74, 6) is -0.333. The molecule has 98 valence electrons. The van der Waals surface area contributed by atoms with Gasteiger partial charge >= 0.3 is 5.97 Å². The zero-order valence-corrected chi connectivity index (χ0v) is 11.1. The number of aliphatic carboxylic acids is 1. The van der Waals surface area contributed by atoms with Gasteiger partial charge in [-0.15, -0.1) is 0 Å². The molecule has 0 heterocycles. The monoisotopic (exact) mass is 268 g/mol. The topological polar surface area (TPSA) is 46.5 Å². The van der Waals surface area contributed by atoms with Crippen molar-refractivity contribution >= 4 is 23.6 Å². The van der Waals surface area contributed by atoms with Crippen molar-refractivity contribution < 1.29 is 14.6 Å². The van der Waals surface area contributed by atoms with Crippen LogP contribution >= 0.6 is 11.6 Å². The van der Waals surface area contributed by atoms with Crippen LogP contribution in [0.2, 0.25) is 5.02 Å². The number of hydrogen-bond acceptors (Lipinski definition) is 2. The van der Waals surface area contributed by atoms with Crippen molar-refractivity contribution in [3.05, 3.63) is 34.9 Å². The molecule has 18 heavy (non-hydrogen) atoms. The molecule has 0 radical (unpaired) electrons. The number of hydrogen-bond donors (Lipinski definition) is 1. The van der Waals surface area contributed by atoms with Gasteiger partial charge in [0.05, 0.1) is 6.61 Å². The highest BCUT2D eigenvalue weighted by Gasteiger charge is 2.02. The second-order valence-corrected chi connectivity index (χ2v) is 4.35. The third kappa shape index (κ3) is 5.23. The lowest BCUT2D eigenvalue weighted by Gasteiger charge is -2.09. The van der Waals surface area contributed by atoms with E-state index in [9.17, 15) is 4.79 Å². The third-order valence-electron chi connectivity index (χ3n) is 2.38. The SMILES string of the molecule is CCCCCOc1ccc(Cl)cc1/C=C/C(=O)O. The Morgan fingerprint density at radius 1 is 1.44 bits per heavy atom. The molecule has 4 heteroatoms. The van der Waals surface area contributed by atoms with Crippen molar-refractivity contribution in [2.45, 2.75) is 26.2 Å². The standard InChI is InChI=1S/C14H17ClO3/c1-2-3-4-9-18-13-7-6-12(15)10-11(13)5-8-14(16)17/h5-8,10H,2-4,9H2,1H3,(H,16,17)/b8-5+. The summed E-state index contributed by atoms with van der Waals surface area (Å²) in [6, 6.07) is 5.18. The van der Waals surface area contributed by atoms with E-state index in [-0.39, 0.29) is 0 Å². The first kappa shape index (κ1) is 14.6. The summed E-state index contributed by atoms with van der Waals surface area (Å²) < 4.78 is 5.62. The Morgan fingerprint density at radius 3 is 2.89 bits per heavy atom. The number of carbonyl (C=O) groups is 1. The van der Waals surface area contributed by atoms with Gasteiger partial charge in [-0.05, 0) is 30.7 Å². The van der Waals surface area contributed by atoms with E-state index in [0.717, 1.165) is 25.3 Å². The van der Waals surface area contributed by atoms with Crippen LogP contribution in [0.25, 0.3) is 6.08 Å². The van der Waals surface area contributed by atoms with E-state index in [2.05, 4.69) is 6.92 Å². The number of carboxylic acid groups (broad SMARTS) is 1. The molecule has 3 nitrogen and oxygen atoms in total. The van der Waals surface area contributed by atoms with Gasteiger partial charge in [-0.1, -0.05) is 31.4 Å². The molecular formula is C14H17ClO3. The van der Waals surface area contributed by atoms with Gasteiger partial charge in [-0.25, -0.2) is 4.79 Å². The molecule has 0 unspecified atom stereocenters. The quantitative estimate of drug-likeness (QED) is 0.600. The van der Waals surface area contributed by atoms with E-state index in [1.54, 1.807) is 18.2 Å². The second kappa shape index (κ2) is 7.77. The number of rotatable bonds is 7. The molecule has 0 amide bonds. The van der Waals surface area contributed by atoms with E-state index >= 15 is 0 Å². The average molecular weight is 269 g/mol. The fraction of sp³-hybridized carbons (Fsp3) is 0.357. The number of halogens is 1. The van der Waals surface area contributed by atoms with Crippen LogP contribution in [0, 0.1) is 0 Å². The highest BCUT2D eigenvalue weighted by Crippen LogP contribution is 2.24. The van der Waals surface area contributed by atoms with Crippen LogP contribution in [-0.4, -0.2) is 17.7 Å². The first-order valence-electron chi connectivity index (χ1n) is 5.97. The molecule has 0 bridgehead atoms. The van der Waals surface area contributed by atoms with Crippen molar-refractivity contribution in [2.75, 3.05) is 6.61 Å². The van der Waals surface area contributed by atoms with Gasteiger partial charge in [-0.2, -0.15) is 0 Å². The molecule has 0 aliphatic rings. The molecular weight excluding hydrogens is 252 g/mol. The van der Waals surface area contributed by atoms with Crippen LogP contribution < -0.4 is 4.74 Å². The minimum Gasteiger partial charge on any atom is -0.493 e. The second-order valence-electron chi connectivity index (χ2n) is 3.91. The van der Waals surface area contributed by atoms with E-state index in [4.69, 9.17) is 21.4 Å². The van der Waals surface area contributed by atoms with Crippen molar-refractivity contribution in [1.29, 1.82) is 0 Å². The smallest absolute Gasteiger partial charge is 0.328 e. The van der Waals surface area contributed by atoms with Gasteiger partial charge < -0.3 is 9.84 Å². The normalized spacial score (nSPS) is 10.8. The maximum Gasteiger partial charge on any atom is 0.328 e. The van der Waals surface area contributed by atoms with E-state index < -0.39 is 5.97 Å². The number of unbranched alkanes of at least 4 members (excludes halogenated alkanes) is 2. The Bertz CT molecular complexity index is 427. The molecule has 1 N–H and O–H groups in total. The minimum absolute atomic E-state index is 0.556. The number of benzene rings is 1. The van der Waals surface area contributed by atoms with E-state index in [1.165, 1.54) is 6.08 Å². The highest BCUT2D eigenvalue weighted by molar-refractivity contribution is 6.30. The Labute approximate surface area is 112 Å². The predicted molar refractivity (Wildman–Crippen MR) is 73.1 cm³/mol. The van der Waals surface area contributed by atoms with E-state index in [0.29, 0.717) is 22.9 Å². The first-order valence-corrected chi connectivity index (χ1v) is 6.34. The zero-order chi connectivity index (χ0) is 13.4. The van der Waals surface area contributed by atoms with Crippen LogP contribution in [0.15, 0.2) is 24.3 Å². The summed E-state index contributed by atoms with van der Waals surface area (Å²) in [6.07, 6.45) is 5.80. The van der Waals surface area contributed by atoms with Crippen molar-refractivity contribution in [3.63, 3.8) is 0 Å². The van der Waals surface area contributed by atoms with Gasteiger partial charge in [0.2, 0.25) is 0 Å². The van der Waals surface area contributed by atoms with Crippen molar-refractivity contribution in [3.8, 4) is 5.75 Å². The van der Waals surface area contributed by atoms with Gasteiger partial charge in [0.15, 0.2) is 0 Å². The van der Waals surface area contributed by atoms with Crippen LogP contribution in [0.1, 0.15) is 31.7 Å². The average Bonchev–Trinajstić information content (AvgIpc) is 2.34. The summed E-state index contributed by atoms with van der Waals surface area (Å²) in [6.45, 7) is 2.76. The summed E-state index contributed by atoms with van der Waals surface area (Å²) in [5, 5.41) is 9.18. The molecule has 0 saturated heterocycles. The molecule has 1 aromatic carbocycles. The summed E-state index contributed by atoms with van der Waals surface area (Å²) in [7, 11) is 0. The summed E-state index contributed by atoms with van der Waals surface area (Å²) in [5.41, 5.74) is 0.682. The highest BCUT2D eigenvalue weighted by atomic mass is 35.5. The lowest BCUT2D eigenvalue weighted by molar-refractivity contribution is -0.131. The molecule has 0 aliphatic carbocycles. The molecule has 0 atom stereocenters. The molecule has 1 aromatic rings. The number of ether oxygens (including phenoxy) is 1. The Hall–Kier alpha value is -1.48. The third-order valence-corrected chi connectivity index (χ3v) is 2.62. The van der Waals surface area contributed by atoms with Crippen molar-refractivity contribution in [1.82, 2.24) is 0 Å². The lowest BCUT2D eigenvalue weighted by Crippen LogP contribution is -1.98. The van der Waals surface area contributed by atoms with Gasteiger partial charge in [0.25, 0.3) is 0 Å². The molecule has 0 fully saturated rings. The lowest BCUT2D eigenvalue weighted by atomic mass is 10.2. The molecule has 0 aromatic heterocycles. The van der Waals surface area contributed by atoms with Crippen LogP contribution in [0.4, 0.5) is 0 Å². The van der Waals surface area contributed by atoms with Gasteiger partial charge in [-0.3, -0.25) is 0 Å². The van der Waals surface area contributed by atoms with Crippen LogP contribution in [0.5, 0.6) is 5.75 Å². The van der Waals surface area contributed by atoms with Crippen LogP contribution in [0.3, 0.4) is 0 Å². The fourth-order valence-corrected chi connectivity index (χ4v) is 1.66. The summed E-state index contributed by atoms with van der Waals surface area (Å²) in [4.78, 5) is 10.5. The first-order chi connectivity index (χ1) is 8.63. The zero-order valence-electron chi connectivity index (χ0n) is 10.4. The largest absolute Gasteiger partial charge is 0.493 e. The van der Waals surface area contributed by atoms with E-state index in [1.807, 2.05) is 0 Å². The van der Waals surface area contributed by atoms with Gasteiger partial charge in [0.1, 0.15) is 5.75 Å². The maximum absolute atomic E-state index is 10.5. The predicted octanol–water partition coefficient (Wildman–Crippen LogP) is 4.01. The molecule has 0 spiro atoms. The minimum atomic E-state index is -0.994. The molecule has 1 rings (SSSR count).